The molecule has 0 saturated carbocycles. The van der Waals surface area contributed by atoms with E-state index in [1.54, 1.807) is 0 Å². The van der Waals surface area contributed by atoms with Crippen molar-refractivity contribution in [1.29, 1.82) is 0 Å². The second kappa shape index (κ2) is 1.66. The summed E-state index contributed by atoms with van der Waals surface area (Å²) >= 11 is 0. The van der Waals surface area contributed by atoms with Gasteiger partial charge in [0.25, 0.3) is 0 Å². The highest BCUT2D eigenvalue weighted by Crippen LogP contribution is 2.06. The third-order valence-corrected chi connectivity index (χ3v) is 2.10. The predicted octanol–water partition coefficient (Wildman–Crippen LogP) is 1.51. The van der Waals surface area contributed by atoms with E-state index in [9.17, 15) is 0 Å². The van der Waals surface area contributed by atoms with Crippen LogP contribution in [0.15, 0.2) is 22.5 Å². The summed E-state index contributed by atoms with van der Waals surface area (Å²) in [5.41, 5.74) is 0. The summed E-state index contributed by atoms with van der Waals surface area (Å²) in [6.07, 6.45) is 4.38. The smallest absolute Gasteiger partial charge is 0.0828 e. The summed E-state index contributed by atoms with van der Waals surface area (Å²) < 4.78 is 0. The molecule has 0 bridgehead atoms. The summed E-state index contributed by atoms with van der Waals surface area (Å²) in [4.78, 5) is 0. The molecule has 0 unspecified atom stereocenters. The Labute approximate surface area is 46.8 Å². The fraction of sp³-hybridized carbons (Fsp3) is 0.333. The Balaban J connectivity index is 2.61. The van der Waals surface area contributed by atoms with Crippen LogP contribution in [0.3, 0.4) is 0 Å². The normalized spacial score (nSPS) is 19.1. The van der Waals surface area contributed by atoms with Crippen molar-refractivity contribution in [1.82, 2.24) is 0 Å². The van der Waals surface area contributed by atoms with Crippen LogP contribution in [0.5, 0.6) is 0 Å². The van der Waals surface area contributed by atoms with Crippen LogP contribution in [0.1, 0.15) is 13.8 Å². The molecule has 1 aliphatic heterocycles. The predicted molar refractivity (Wildman–Crippen MR) is 33.3 cm³/mol. The van der Waals surface area contributed by atoms with Crippen LogP contribution in [0, 0.1) is 0 Å². The van der Waals surface area contributed by atoms with Crippen molar-refractivity contribution in [3.05, 3.63) is 22.5 Å². The Morgan fingerprint density at radius 1 is 1.14 bits per heavy atom. The molecule has 0 fully saturated rings. The Morgan fingerprint density at radius 3 is 1.71 bits per heavy atom. The highest BCUT2D eigenvalue weighted by atomic mass is 28.2. The largest absolute Gasteiger partial charge is 0.109 e. The Morgan fingerprint density at radius 2 is 1.57 bits per heavy atom. The minimum Gasteiger partial charge on any atom is -0.0828 e. The van der Waals surface area contributed by atoms with Crippen LogP contribution in [0.25, 0.3) is 0 Å². The van der Waals surface area contributed by atoms with Crippen LogP contribution in [-0.4, -0.2) is 9.52 Å². The van der Waals surface area contributed by atoms with Crippen molar-refractivity contribution in [2.75, 3.05) is 0 Å². The Hall–Kier alpha value is -0.303. The van der Waals surface area contributed by atoms with Crippen molar-refractivity contribution in [2.24, 2.45) is 0 Å². The van der Waals surface area contributed by atoms with Gasteiger partial charge < -0.3 is 0 Å². The van der Waals surface area contributed by atoms with Crippen LogP contribution >= 0.6 is 0 Å². The van der Waals surface area contributed by atoms with E-state index in [1.165, 1.54) is 10.4 Å². The van der Waals surface area contributed by atoms with E-state index >= 15 is 0 Å². The maximum Gasteiger partial charge on any atom is 0.109 e. The maximum absolute atomic E-state index is 2.19. The first-order valence-electron chi connectivity index (χ1n) is 2.41. The van der Waals surface area contributed by atoms with Crippen LogP contribution in [-0.2, 0) is 0 Å². The molecule has 0 amide bonds. The lowest BCUT2D eigenvalue weighted by atomic mass is 10.5. The van der Waals surface area contributed by atoms with Gasteiger partial charge >= 0.3 is 0 Å². The lowest BCUT2D eigenvalue weighted by Crippen LogP contribution is -1.86. The number of hydrogen-bond acceptors (Lipinski definition) is 0. The zero-order valence-electron chi connectivity index (χ0n) is 4.65. The van der Waals surface area contributed by atoms with Gasteiger partial charge in [0, 0.05) is 0 Å². The van der Waals surface area contributed by atoms with E-state index in [-0.39, 0.29) is 0 Å². The van der Waals surface area contributed by atoms with Crippen LogP contribution in [0.4, 0.5) is 0 Å². The van der Waals surface area contributed by atoms with E-state index in [1.807, 2.05) is 0 Å². The highest BCUT2D eigenvalue weighted by Gasteiger charge is 1.97. The minimum absolute atomic E-state index is 0.978. The molecule has 0 aromatic rings. The molecule has 7 heavy (non-hydrogen) atoms. The molecule has 0 aliphatic carbocycles. The van der Waals surface area contributed by atoms with Crippen molar-refractivity contribution >= 4 is 9.52 Å². The third-order valence-electron chi connectivity index (χ3n) is 0.978. The standard InChI is InChI=1S/C6H8Si/c1-5-3-4-6(2)7-5/h3-4H,1-2H3. The molecule has 1 aliphatic rings. The zero-order chi connectivity index (χ0) is 5.28. The van der Waals surface area contributed by atoms with Gasteiger partial charge in [0.05, 0.1) is 0 Å². The number of allylic oxidation sites excluding steroid dienone is 4. The molecule has 0 nitrogen and oxygen atoms in total. The van der Waals surface area contributed by atoms with Gasteiger partial charge in [-0.05, 0) is 13.8 Å². The lowest BCUT2D eigenvalue weighted by molar-refractivity contribution is 1.66. The van der Waals surface area contributed by atoms with Crippen LogP contribution in [0.2, 0.25) is 0 Å². The zero-order valence-corrected chi connectivity index (χ0v) is 5.65. The molecule has 0 atom stereocenters. The van der Waals surface area contributed by atoms with E-state index < -0.39 is 0 Å². The number of hydrogen-bond donors (Lipinski definition) is 0. The molecular weight excluding hydrogens is 100 g/mol. The highest BCUT2D eigenvalue weighted by molar-refractivity contribution is 6.54. The maximum atomic E-state index is 2.19. The van der Waals surface area contributed by atoms with Gasteiger partial charge in [-0.15, -0.1) is 0 Å². The fourth-order valence-electron chi connectivity index (χ4n) is 0.644. The minimum atomic E-state index is 0.978. The monoisotopic (exact) mass is 108 g/mol. The van der Waals surface area contributed by atoms with Gasteiger partial charge in [-0.2, -0.15) is 0 Å². The molecular formula is C6H8Si. The van der Waals surface area contributed by atoms with Crippen molar-refractivity contribution < 1.29 is 0 Å². The first-order valence-corrected chi connectivity index (χ1v) is 3.41. The van der Waals surface area contributed by atoms with Gasteiger partial charge in [0.2, 0.25) is 0 Å². The van der Waals surface area contributed by atoms with Gasteiger partial charge in [0.1, 0.15) is 9.52 Å². The molecule has 2 radical (unpaired) electrons. The van der Waals surface area contributed by atoms with Gasteiger partial charge in [0.15, 0.2) is 0 Å². The van der Waals surface area contributed by atoms with Gasteiger partial charge in [-0.1, -0.05) is 22.5 Å². The SMILES string of the molecule is CC1=CC=C(C)[Si]1. The molecule has 0 aromatic heterocycles. The molecule has 1 heteroatoms. The average molecular weight is 108 g/mol. The van der Waals surface area contributed by atoms with Crippen molar-refractivity contribution in [3.8, 4) is 0 Å². The molecule has 1 rings (SSSR count). The second-order valence-electron chi connectivity index (χ2n) is 1.82. The van der Waals surface area contributed by atoms with E-state index in [2.05, 4.69) is 26.0 Å². The molecule has 0 N–H and O–H groups in total. The first-order chi connectivity index (χ1) is 3.29. The Bertz CT molecular complexity index is 115. The quantitative estimate of drug-likeness (QED) is 0.413. The summed E-state index contributed by atoms with van der Waals surface area (Å²) in [5.74, 6) is 0. The molecule has 36 valence electrons. The summed E-state index contributed by atoms with van der Waals surface area (Å²) in [6, 6.07) is 0. The lowest BCUT2D eigenvalue weighted by Gasteiger charge is -1.84. The van der Waals surface area contributed by atoms with Crippen molar-refractivity contribution in [2.45, 2.75) is 13.8 Å². The van der Waals surface area contributed by atoms with E-state index in [0.29, 0.717) is 0 Å². The molecule has 0 aromatic carbocycles. The molecule has 0 saturated heterocycles. The van der Waals surface area contributed by atoms with Gasteiger partial charge in [-0.25, -0.2) is 0 Å². The van der Waals surface area contributed by atoms with Crippen molar-refractivity contribution in [3.63, 3.8) is 0 Å². The fourth-order valence-corrected chi connectivity index (χ4v) is 1.60. The summed E-state index contributed by atoms with van der Waals surface area (Å²) in [5, 5.41) is 3.02. The third kappa shape index (κ3) is 1.03. The van der Waals surface area contributed by atoms with Gasteiger partial charge in [-0.3, -0.25) is 0 Å². The summed E-state index contributed by atoms with van der Waals surface area (Å²) in [6.45, 7) is 4.34. The second-order valence-corrected chi connectivity index (χ2v) is 3.65. The average Bonchev–Trinajstić information content (AvgIpc) is 1.87. The van der Waals surface area contributed by atoms with E-state index in [0.717, 1.165) is 9.52 Å². The Kier molecular flexibility index (Phi) is 1.15. The summed E-state index contributed by atoms with van der Waals surface area (Å²) in [7, 11) is 0.978. The first kappa shape index (κ1) is 4.85. The van der Waals surface area contributed by atoms with Crippen LogP contribution < -0.4 is 0 Å². The molecule has 1 heterocycles. The molecule has 0 spiro atoms. The topological polar surface area (TPSA) is 0 Å². The number of rotatable bonds is 0. The van der Waals surface area contributed by atoms with E-state index in [4.69, 9.17) is 0 Å².